The summed E-state index contributed by atoms with van der Waals surface area (Å²) in [6.45, 7) is 4.15. The lowest BCUT2D eigenvalue weighted by molar-refractivity contribution is -0.192. The highest BCUT2D eigenvalue weighted by Crippen LogP contribution is 2.30. The van der Waals surface area contributed by atoms with E-state index >= 15 is 0 Å². The predicted molar refractivity (Wildman–Crippen MR) is 101 cm³/mol. The van der Waals surface area contributed by atoms with Crippen LogP contribution in [0.15, 0.2) is 18.2 Å². The number of piperazine rings is 1. The maximum absolute atomic E-state index is 12.8. The fraction of sp³-hybridized carbons (Fsp3) is 0.474. The summed E-state index contributed by atoms with van der Waals surface area (Å²) in [5.74, 6) is -3.50. The molecule has 3 amide bonds. The SMILES string of the molecule is O=C(O)C(F)(F)F.O=C1CCC(N2Cc3ccc(N4CCNCC4)cc3C2=O)C(=O)N1. The van der Waals surface area contributed by atoms with Crippen LogP contribution in [0.1, 0.15) is 28.8 Å². The van der Waals surface area contributed by atoms with E-state index in [2.05, 4.69) is 15.5 Å². The lowest BCUT2D eigenvalue weighted by Gasteiger charge is -2.30. The van der Waals surface area contributed by atoms with Gasteiger partial charge in [0.2, 0.25) is 11.8 Å². The number of carboxylic acid groups (broad SMARTS) is 1. The molecule has 0 aromatic heterocycles. The van der Waals surface area contributed by atoms with Crippen LogP contribution in [0.25, 0.3) is 0 Å². The number of halogens is 3. The van der Waals surface area contributed by atoms with Crippen molar-refractivity contribution in [2.75, 3.05) is 31.1 Å². The van der Waals surface area contributed by atoms with Crippen LogP contribution >= 0.6 is 0 Å². The number of hydrogen-bond acceptors (Lipinski definition) is 6. The number of anilines is 1. The van der Waals surface area contributed by atoms with Gasteiger partial charge in [0.1, 0.15) is 6.04 Å². The molecule has 9 nitrogen and oxygen atoms in total. The fourth-order valence-corrected chi connectivity index (χ4v) is 3.66. The van der Waals surface area contributed by atoms with E-state index in [1.54, 1.807) is 4.90 Å². The fourth-order valence-electron chi connectivity index (χ4n) is 3.66. The number of amides is 3. The molecule has 1 aromatic rings. The number of carboxylic acids is 1. The third-order valence-corrected chi connectivity index (χ3v) is 5.24. The smallest absolute Gasteiger partial charge is 0.475 e. The molecule has 0 radical (unpaired) electrons. The largest absolute Gasteiger partial charge is 0.490 e. The molecule has 1 atom stereocenters. The van der Waals surface area contributed by atoms with Gasteiger partial charge in [-0.25, -0.2) is 4.79 Å². The minimum Gasteiger partial charge on any atom is -0.475 e. The second-order valence-corrected chi connectivity index (χ2v) is 7.28. The van der Waals surface area contributed by atoms with Gasteiger partial charge < -0.3 is 20.2 Å². The molecule has 168 valence electrons. The van der Waals surface area contributed by atoms with E-state index in [9.17, 15) is 27.6 Å². The van der Waals surface area contributed by atoms with Gasteiger partial charge in [-0.05, 0) is 24.1 Å². The Morgan fingerprint density at radius 1 is 1.13 bits per heavy atom. The van der Waals surface area contributed by atoms with Crippen LogP contribution in [0.4, 0.5) is 18.9 Å². The number of alkyl halides is 3. The Morgan fingerprint density at radius 3 is 2.35 bits per heavy atom. The molecule has 31 heavy (non-hydrogen) atoms. The first-order valence-electron chi connectivity index (χ1n) is 9.61. The van der Waals surface area contributed by atoms with E-state index in [1.807, 2.05) is 18.2 Å². The van der Waals surface area contributed by atoms with Gasteiger partial charge in [-0.1, -0.05) is 6.07 Å². The summed E-state index contributed by atoms with van der Waals surface area (Å²) < 4.78 is 31.7. The molecule has 4 rings (SSSR count). The normalized spacial score (nSPS) is 21.3. The standard InChI is InChI=1S/C17H20N4O3.C2HF3O2/c22-15-4-3-14(16(23)19-15)21-10-11-1-2-12(9-13(11)17(21)24)20-7-5-18-6-8-20;3-2(4,5)1(6)7/h1-2,9,14,18H,3-8,10H2,(H,19,22,23);(H,6,7). The van der Waals surface area contributed by atoms with Crippen molar-refractivity contribution < 1.29 is 37.5 Å². The molecule has 2 saturated heterocycles. The van der Waals surface area contributed by atoms with Gasteiger partial charge in [0, 0.05) is 50.4 Å². The minimum atomic E-state index is -5.08. The number of benzene rings is 1. The van der Waals surface area contributed by atoms with Crippen molar-refractivity contribution in [1.29, 1.82) is 0 Å². The molecule has 3 aliphatic heterocycles. The van der Waals surface area contributed by atoms with Crippen molar-refractivity contribution in [3.63, 3.8) is 0 Å². The lowest BCUT2D eigenvalue weighted by atomic mass is 10.0. The van der Waals surface area contributed by atoms with E-state index in [1.165, 1.54) is 0 Å². The summed E-state index contributed by atoms with van der Waals surface area (Å²) in [6, 6.07) is 5.42. The van der Waals surface area contributed by atoms with Crippen molar-refractivity contribution >= 4 is 29.4 Å². The zero-order valence-electron chi connectivity index (χ0n) is 16.4. The van der Waals surface area contributed by atoms with E-state index in [0.29, 0.717) is 18.5 Å². The Morgan fingerprint density at radius 2 is 1.77 bits per heavy atom. The Kier molecular flexibility index (Phi) is 6.48. The van der Waals surface area contributed by atoms with Crippen molar-refractivity contribution in [3.05, 3.63) is 29.3 Å². The number of nitrogens with one attached hydrogen (secondary N) is 2. The molecule has 3 heterocycles. The van der Waals surface area contributed by atoms with Gasteiger partial charge in [-0.3, -0.25) is 19.7 Å². The highest BCUT2D eigenvalue weighted by molar-refractivity contribution is 6.05. The number of piperidine rings is 1. The number of rotatable bonds is 2. The molecule has 0 bridgehead atoms. The molecule has 3 N–H and O–H groups in total. The molecule has 1 aromatic carbocycles. The quantitative estimate of drug-likeness (QED) is 0.571. The maximum atomic E-state index is 12.8. The summed E-state index contributed by atoms with van der Waals surface area (Å²) >= 11 is 0. The summed E-state index contributed by atoms with van der Waals surface area (Å²) in [5, 5.41) is 12.8. The summed E-state index contributed by atoms with van der Waals surface area (Å²) in [5.41, 5.74) is 2.67. The molecule has 0 saturated carbocycles. The number of carbonyl (C=O) groups excluding carboxylic acids is 3. The Hall–Kier alpha value is -3.15. The molecular weight excluding hydrogens is 421 g/mol. The van der Waals surface area contributed by atoms with E-state index in [4.69, 9.17) is 9.90 Å². The highest BCUT2D eigenvalue weighted by atomic mass is 19.4. The average Bonchev–Trinajstić information content (AvgIpc) is 3.04. The van der Waals surface area contributed by atoms with Gasteiger partial charge in [0.15, 0.2) is 0 Å². The molecule has 0 spiro atoms. The van der Waals surface area contributed by atoms with Crippen LogP contribution in [0, 0.1) is 0 Å². The summed E-state index contributed by atoms with van der Waals surface area (Å²) in [4.78, 5) is 48.9. The summed E-state index contributed by atoms with van der Waals surface area (Å²) in [7, 11) is 0. The number of aliphatic carboxylic acids is 1. The molecule has 2 fully saturated rings. The monoisotopic (exact) mass is 442 g/mol. The third kappa shape index (κ3) is 5.13. The zero-order chi connectivity index (χ0) is 22.8. The Balaban J connectivity index is 0.000000339. The Bertz CT molecular complexity index is 899. The topological polar surface area (TPSA) is 119 Å². The van der Waals surface area contributed by atoms with Crippen molar-refractivity contribution in [3.8, 4) is 0 Å². The zero-order valence-corrected chi connectivity index (χ0v) is 16.4. The van der Waals surface area contributed by atoms with Crippen LogP contribution in [0.3, 0.4) is 0 Å². The van der Waals surface area contributed by atoms with Crippen molar-refractivity contribution in [1.82, 2.24) is 15.5 Å². The molecule has 12 heteroatoms. The van der Waals surface area contributed by atoms with Gasteiger partial charge in [-0.15, -0.1) is 0 Å². The molecule has 3 aliphatic rings. The van der Waals surface area contributed by atoms with Gasteiger partial charge >= 0.3 is 12.1 Å². The Labute approximate surface area is 175 Å². The van der Waals surface area contributed by atoms with Gasteiger partial charge in [-0.2, -0.15) is 13.2 Å². The average molecular weight is 442 g/mol. The first kappa shape index (κ1) is 22.5. The first-order chi connectivity index (χ1) is 14.6. The lowest BCUT2D eigenvalue weighted by Crippen LogP contribution is -2.52. The van der Waals surface area contributed by atoms with Crippen LogP contribution in [-0.4, -0.2) is 72.1 Å². The molecule has 1 unspecified atom stereocenters. The summed E-state index contributed by atoms with van der Waals surface area (Å²) in [6.07, 6.45) is -4.41. The van der Waals surface area contributed by atoms with Crippen LogP contribution in [0.5, 0.6) is 0 Å². The first-order valence-corrected chi connectivity index (χ1v) is 9.61. The molecule has 0 aliphatic carbocycles. The van der Waals surface area contributed by atoms with E-state index in [0.717, 1.165) is 37.4 Å². The number of carbonyl (C=O) groups is 4. The predicted octanol–water partition coefficient (Wildman–Crippen LogP) is 0.490. The third-order valence-electron chi connectivity index (χ3n) is 5.24. The van der Waals surface area contributed by atoms with Crippen LogP contribution in [0.2, 0.25) is 0 Å². The van der Waals surface area contributed by atoms with Crippen LogP contribution < -0.4 is 15.5 Å². The molecular formula is C19H21F3N4O5. The number of hydrogen-bond donors (Lipinski definition) is 3. The van der Waals surface area contributed by atoms with Crippen molar-refractivity contribution in [2.24, 2.45) is 0 Å². The second-order valence-electron chi connectivity index (χ2n) is 7.28. The van der Waals surface area contributed by atoms with Gasteiger partial charge in [0.05, 0.1) is 0 Å². The van der Waals surface area contributed by atoms with Crippen LogP contribution in [-0.2, 0) is 20.9 Å². The second kappa shape index (κ2) is 8.92. The number of imide groups is 1. The van der Waals surface area contributed by atoms with E-state index in [-0.39, 0.29) is 24.1 Å². The van der Waals surface area contributed by atoms with E-state index < -0.39 is 18.2 Å². The van der Waals surface area contributed by atoms with Gasteiger partial charge in [0.25, 0.3) is 5.91 Å². The minimum absolute atomic E-state index is 0.114. The highest BCUT2D eigenvalue weighted by Gasteiger charge is 2.39. The van der Waals surface area contributed by atoms with Crippen molar-refractivity contribution in [2.45, 2.75) is 31.6 Å². The maximum Gasteiger partial charge on any atom is 0.490 e. The number of nitrogens with zero attached hydrogens (tertiary/aromatic N) is 2. The number of fused-ring (bicyclic) bond motifs is 1.